The van der Waals surface area contributed by atoms with Crippen LogP contribution in [0.3, 0.4) is 0 Å². The Morgan fingerprint density at radius 3 is 2.53 bits per heavy atom. The standard InChI is InChI=1S/C12H14Cl2FNO3/c1-12(2,3)11(17)19-5-4-18-10-8(14)6-7(13)9(15)16-10/h6H,4-5H2,1-3H3. The van der Waals surface area contributed by atoms with E-state index in [1.54, 1.807) is 20.8 Å². The van der Waals surface area contributed by atoms with E-state index in [-0.39, 0.29) is 35.1 Å². The molecular formula is C12H14Cl2FNO3. The van der Waals surface area contributed by atoms with Gasteiger partial charge in [0.05, 0.1) is 10.4 Å². The number of carbonyl (C=O) groups excluding carboxylic acids is 1. The first-order valence-corrected chi connectivity index (χ1v) is 6.29. The quantitative estimate of drug-likeness (QED) is 0.485. The Labute approximate surface area is 120 Å². The third kappa shape index (κ3) is 4.84. The lowest BCUT2D eigenvalue weighted by molar-refractivity contribution is -0.153. The van der Waals surface area contributed by atoms with E-state index in [4.69, 9.17) is 32.7 Å². The topological polar surface area (TPSA) is 48.4 Å². The Morgan fingerprint density at radius 1 is 1.32 bits per heavy atom. The summed E-state index contributed by atoms with van der Waals surface area (Å²) in [5.41, 5.74) is -0.581. The van der Waals surface area contributed by atoms with Crippen LogP contribution in [0.4, 0.5) is 4.39 Å². The Balaban J connectivity index is 2.46. The molecule has 4 nitrogen and oxygen atoms in total. The third-order valence-electron chi connectivity index (χ3n) is 2.02. The summed E-state index contributed by atoms with van der Waals surface area (Å²) in [6.07, 6.45) is 0. The average Bonchev–Trinajstić information content (AvgIpc) is 2.29. The molecule has 0 bridgehead atoms. The lowest BCUT2D eigenvalue weighted by Gasteiger charge is -2.16. The van der Waals surface area contributed by atoms with Gasteiger partial charge in [-0.3, -0.25) is 4.79 Å². The maximum absolute atomic E-state index is 13.1. The van der Waals surface area contributed by atoms with Crippen molar-refractivity contribution in [1.29, 1.82) is 0 Å². The van der Waals surface area contributed by atoms with Gasteiger partial charge in [0.2, 0.25) is 11.8 Å². The first-order chi connectivity index (χ1) is 8.71. The molecule has 0 spiro atoms. The van der Waals surface area contributed by atoms with Crippen molar-refractivity contribution in [2.45, 2.75) is 20.8 Å². The summed E-state index contributed by atoms with van der Waals surface area (Å²) in [6.45, 7) is 5.27. The number of carbonyl (C=O) groups is 1. The monoisotopic (exact) mass is 309 g/mol. The van der Waals surface area contributed by atoms with E-state index in [9.17, 15) is 9.18 Å². The molecule has 0 amide bonds. The zero-order valence-electron chi connectivity index (χ0n) is 10.8. The highest BCUT2D eigenvalue weighted by atomic mass is 35.5. The minimum Gasteiger partial charge on any atom is -0.473 e. The second-order valence-corrected chi connectivity index (χ2v) is 5.60. The molecule has 0 aromatic carbocycles. The van der Waals surface area contributed by atoms with Crippen molar-refractivity contribution in [2.24, 2.45) is 5.41 Å². The van der Waals surface area contributed by atoms with Crippen molar-refractivity contribution in [2.75, 3.05) is 13.2 Å². The fourth-order valence-electron chi connectivity index (χ4n) is 1.02. The highest BCUT2D eigenvalue weighted by Crippen LogP contribution is 2.26. The molecule has 0 unspecified atom stereocenters. The first-order valence-electron chi connectivity index (χ1n) is 5.53. The Hall–Kier alpha value is -1.07. The SMILES string of the molecule is CC(C)(C)C(=O)OCCOc1nc(F)c(Cl)cc1Cl. The summed E-state index contributed by atoms with van der Waals surface area (Å²) >= 11 is 11.3. The number of halogens is 3. The molecule has 0 aliphatic carbocycles. The van der Waals surface area contributed by atoms with E-state index in [0.717, 1.165) is 0 Å². The zero-order chi connectivity index (χ0) is 14.6. The predicted molar refractivity (Wildman–Crippen MR) is 70.1 cm³/mol. The van der Waals surface area contributed by atoms with Crippen LogP contribution in [0, 0.1) is 11.4 Å². The molecule has 0 N–H and O–H groups in total. The Kier molecular flexibility index (Phi) is 5.38. The summed E-state index contributed by atoms with van der Waals surface area (Å²) in [5, 5.41) is -0.0925. The summed E-state index contributed by atoms with van der Waals surface area (Å²) in [7, 11) is 0. The number of pyridine rings is 1. The predicted octanol–water partition coefficient (Wildman–Crippen LogP) is 3.50. The number of hydrogen-bond acceptors (Lipinski definition) is 4. The number of rotatable bonds is 4. The van der Waals surface area contributed by atoms with Crippen molar-refractivity contribution < 1.29 is 18.7 Å². The van der Waals surface area contributed by atoms with Crippen LogP contribution < -0.4 is 4.74 Å². The molecule has 0 radical (unpaired) electrons. The van der Waals surface area contributed by atoms with Gasteiger partial charge in [-0.1, -0.05) is 23.2 Å². The lowest BCUT2D eigenvalue weighted by Crippen LogP contribution is -2.25. The third-order valence-corrected chi connectivity index (χ3v) is 2.56. The van der Waals surface area contributed by atoms with Crippen molar-refractivity contribution in [1.82, 2.24) is 4.98 Å². The maximum atomic E-state index is 13.1. The van der Waals surface area contributed by atoms with Gasteiger partial charge in [-0.05, 0) is 26.8 Å². The van der Waals surface area contributed by atoms with Gasteiger partial charge in [0, 0.05) is 0 Å². The normalized spacial score (nSPS) is 11.3. The molecule has 1 rings (SSSR count). The summed E-state index contributed by atoms with van der Waals surface area (Å²) in [4.78, 5) is 14.9. The first kappa shape index (κ1) is 16.0. The average molecular weight is 310 g/mol. The molecule has 0 atom stereocenters. The van der Waals surface area contributed by atoms with Gasteiger partial charge in [0.1, 0.15) is 18.2 Å². The summed E-state index contributed by atoms with van der Waals surface area (Å²) < 4.78 is 23.2. The van der Waals surface area contributed by atoms with Crippen molar-refractivity contribution >= 4 is 29.2 Å². The van der Waals surface area contributed by atoms with Crippen LogP contribution in [0.2, 0.25) is 10.0 Å². The van der Waals surface area contributed by atoms with E-state index >= 15 is 0 Å². The molecule has 0 saturated carbocycles. The van der Waals surface area contributed by atoms with E-state index < -0.39 is 11.4 Å². The molecule has 0 fully saturated rings. The van der Waals surface area contributed by atoms with Crippen molar-refractivity contribution in [3.05, 3.63) is 22.1 Å². The second kappa shape index (κ2) is 6.39. The molecule has 106 valence electrons. The minimum atomic E-state index is -0.868. The van der Waals surface area contributed by atoms with E-state index in [0.29, 0.717) is 0 Å². The minimum absolute atomic E-state index is 0.0234. The van der Waals surface area contributed by atoms with E-state index in [2.05, 4.69) is 4.98 Å². The van der Waals surface area contributed by atoms with Crippen LogP contribution in [-0.4, -0.2) is 24.2 Å². The largest absolute Gasteiger partial charge is 0.473 e. The zero-order valence-corrected chi connectivity index (χ0v) is 12.3. The molecule has 1 heterocycles. The molecule has 1 aromatic rings. The maximum Gasteiger partial charge on any atom is 0.311 e. The smallest absolute Gasteiger partial charge is 0.311 e. The van der Waals surface area contributed by atoms with Gasteiger partial charge in [0.25, 0.3) is 0 Å². The second-order valence-electron chi connectivity index (χ2n) is 4.78. The van der Waals surface area contributed by atoms with Crippen molar-refractivity contribution in [3.8, 4) is 5.88 Å². The van der Waals surface area contributed by atoms with Gasteiger partial charge >= 0.3 is 5.97 Å². The van der Waals surface area contributed by atoms with Crippen LogP contribution in [0.5, 0.6) is 5.88 Å². The molecule has 0 aliphatic heterocycles. The molecular weight excluding hydrogens is 296 g/mol. The van der Waals surface area contributed by atoms with E-state index in [1.807, 2.05) is 0 Å². The van der Waals surface area contributed by atoms with Gasteiger partial charge in [-0.2, -0.15) is 9.37 Å². The van der Waals surface area contributed by atoms with Gasteiger partial charge in [-0.25, -0.2) is 0 Å². The molecule has 7 heteroatoms. The lowest BCUT2D eigenvalue weighted by atomic mass is 9.97. The number of nitrogens with zero attached hydrogens (tertiary/aromatic N) is 1. The van der Waals surface area contributed by atoms with Crippen LogP contribution in [0.25, 0.3) is 0 Å². The number of hydrogen-bond donors (Lipinski definition) is 0. The number of esters is 1. The van der Waals surface area contributed by atoms with Crippen LogP contribution in [-0.2, 0) is 9.53 Å². The number of aromatic nitrogens is 1. The highest BCUT2D eigenvalue weighted by Gasteiger charge is 2.22. The molecule has 19 heavy (non-hydrogen) atoms. The van der Waals surface area contributed by atoms with Gasteiger partial charge in [0.15, 0.2) is 0 Å². The molecule has 1 aromatic heterocycles. The summed E-state index contributed by atoms with van der Waals surface area (Å²) in [6, 6.07) is 1.20. The van der Waals surface area contributed by atoms with Gasteiger partial charge < -0.3 is 9.47 Å². The van der Waals surface area contributed by atoms with E-state index in [1.165, 1.54) is 6.07 Å². The Morgan fingerprint density at radius 2 is 1.95 bits per heavy atom. The number of ether oxygens (including phenoxy) is 2. The van der Waals surface area contributed by atoms with Gasteiger partial charge in [-0.15, -0.1) is 0 Å². The molecule has 0 saturated heterocycles. The fourth-order valence-corrected chi connectivity index (χ4v) is 1.43. The van der Waals surface area contributed by atoms with Crippen LogP contribution in [0.1, 0.15) is 20.8 Å². The van der Waals surface area contributed by atoms with Crippen LogP contribution in [0.15, 0.2) is 6.07 Å². The summed E-state index contributed by atoms with van der Waals surface area (Å²) in [5.74, 6) is -1.31. The van der Waals surface area contributed by atoms with Crippen LogP contribution >= 0.6 is 23.2 Å². The Bertz CT molecular complexity index is 475. The molecule has 0 aliphatic rings. The van der Waals surface area contributed by atoms with Crippen molar-refractivity contribution in [3.63, 3.8) is 0 Å². The highest BCUT2D eigenvalue weighted by molar-refractivity contribution is 6.35. The fraction of sp³-hybridized carbons (Fsp3) is 0.500.